The molecule has 0 saturated carbocycles. The van der Waals surface area contributed by atoms with Crippen LogP contribution in [0.25, 0.3) is 0 Å². The number of carboxylic acid groups (broad SMARTS) is 1. The van der Waals surface area contributed by atoms with Crippen molar-refractivity contribution in [2.24, 2.45) is 0 Å². The van der Waals surface area contributed by atoms with E-state index in [9.17, 15) is 9.18 Å². The molecule has 92 valence electrons. The average molecular weight is 237 g/mol. The second kappa shape index (κ2) is 5.27. The number of carbonyl (C=O) groups is 1. The Labute approximate surface area is 99.7 Å². The van der Waals surface area contributed by atoms with E-state index in [1.807, 2.05) is 0 Å². The van der Waals surface area contributed by atoms with Crippen molar-refractivity contribution < 1.29 is 14.3 Å². The summed E-state index contributed by atoms with van der Waals surface area (Å²) in [5, 5.41) is 12.0. The molecule has 0 aliphatic carbocycles. The minimum Gasteiger partial charge on any atom is -0.480 e. The summed E-state index contributed by atoms with van der Waals surface area (Å²) in [6.07, 6.45) is 2.99. The Hall–Kier alpha value is -1.42. The molecule has 2 atom stereocenters. The summed E-state index contributed by atoms with van der Waals surface area (Å²) in [5.74, 6) is -1.03. The van der Waals surface area contributed by atoms with Crippen LogP contribution in [0.15, 0.2) is 24.3 Å². The zero-order valence-electron chi connectivity index (χ0n) is 9.53. The topological polar surface area (TPSA) is 49.3 Å². The molecule has 0 aromatic heterocycles. The first-order valence-electron chi connectivity index (χ1n) is 5.89. The van der Waals surface area contributed by atoms with Gasteiger partial charge in [0.25, 0.3) is 0 Å². The Morgan fingerprint density at radius 2 is 2.18 bits per heavy atom. The first-order valence-corrected chi connectivity index (χ1v) is 5.89. The van der Waals surface area contributed by atoms with Crippen molar-refractivity contribution in [2.45, 2.75) is 37.8 Å². The molecular formula is C13H16FNO2. The highest BCUT2D eigenvalue weighted by Gasteiger charge is 2.26. The Balaban J connectivity index is 1.99. The molecule has 4 heteroatoms. The van der Waals surface area contributed by atoms with Crippen molar-refractivity contribution in [3.63, 3.8) is 0 Å². The number of aliphatic carboxylic acids is 1. The average Bonchev–Trinajstić information content (AvgIpc) is 2.32. The monoisotopic (exact) mass is 237 g/mol. The van der Waals surface area contributed by atoms with E-state index in [2.05, 4.69) is 5.32 Å². The molecule has 1 saturated heterocycles. The van der Waals surface area contributed by atoms with Crippen molar-refractivity contribution in [3.05, 3.63) is 35.6 Å². The van der Waals surface area contributed by atoms with E-state index in [4.69, 9.17) is 5.11 Å². The van der Waals surface area contributed by atoms with Crippen LogP contribution in [-0.4, -0.2) is 23.2 Å². The van der Waals surface area contributed by atoms with E-state index in [1.165, 1.54) is 6.07 Å². The van der Waals surface area contributed by atoms with Crippen molar-refractivity contribution in [3.8, 4) is 0 Å². The second-order valence-corrected chi connectivity index (χ2v) is 4.48. The third kappa shape index (κ3) is 3.03. The minimum atomic E-state index is -0.816. The molecule has 3 nitrogen and oxygen atoms in total. The van der Waals surface area contributed by atoms with Crippen LogP contribution >= 0.6 is 0 Å². The fraction of sp³-hybridized carbons (Fsp3) is 0.462. The third-order valence-electron chi connectivity index (χ3n) is 3.20. The Kier molecular flexibility index (Phi) is 3.74. The summed E-state index contributed by atoms with van der Waals surface area (Å²) in [7, 11) is 0. The summed E-state index contributed by atoms with van der Waals surface area (Å²) in [6, 6.07) is 6.22. The molecule has 1 aromatic rings. The summed E-state index contributed by atoms with van der Waals surface area (Å²) in [5.41, 5.74) is 0.649. The minimum absolute atomic E-state index is 0.0572. The van der Waals surface area contributed by atoms with E-state index in [-0.39, 0.29) is 11.9 Å². The van der Waals surface area contributed by atoms with E-state index in [1.54, 1.807) is 18.2 Å². The Bertz CT molecular complexity index is 408. The summed E-state index contributed by atoms with van der Waals surface area (Å²) in [6.45, 7) is 0. The molecule has 0 radical (unpaired) electrons. The van der Waals surface area contributed by atoms with Gasteiger partial charge in [-0.1, -0.05) is 18.2 Å². The molecule has 17 heavy (non-hydrogen) atoms. The van der Waals surface area contributed by atoms with Gasteiger partial charge in [-0.3, -0.25) is 4.79 Å². The van der Waals surface area contributed by atoms with Gasteiger partial charge in [0, 0.05) is 6.04 Å². The van der Waals surface area contributed by atoms with Crippen LogP contribution in [0.3, 0.4) is 0 Å². The molecule has 1 heterocycles. The van der Waals surface area contributed by atoms with Gasteiger partial charge in [0.05, 0.1) is 0 Å². The van der Waals surface area contributed by atoms with Crippen molar-refractivity contribution in [1.82, 2.24) is 5.32 Å². The number of piperidine rings is 1. The highest BCUT2D eigenvalue weighted by atomic mass is 19.1. The standard InChI is InChI=1S/C13H16FNO2/c14-11-6-2-1-4-9(11)8-10-5-3-7-12(15-10)13(16)17/h1-2,4,6,10,12,15H,3,5,7-8H2,(H,16,17). The molecule has 2 rings (SSSR count). The number of hydrogen-bond donors (Lipinski definition) is 2. The molecule has 0 spiro atoms. The molecule has 0 bridgehead atoms. The summed E-state index contributed by atoms with van der Waals surface area (Å²) in [4.78, 5) is 10.9. The van der Waals surface area contributed by atoms with Gasteiger partial charge >= 0.3 is 5.97 Å². The number of benzene rings is 1. The largest absolute Gasteiger partial charge is 0.480 e. The molecule has 2 N–H and O–H groups in total. The lowest BCUT2D eigenvalue weighted by Crippen LogP contribution is -2.47. The van der Waals surface area contributed by atoms with Crippen LogP contribution in [0, 0.1) is 5.82 Å². The molecule has 1 aliphatic rings. The van der Waals surface area contributed by atoms with Crippen molar-refractivity contribution >= 4 is 5.97 Å². The first kappa shape index (κ1) is 12.0. The second-order valence-electron chi connectivity index (χ2n) is 4.48. The maximum absolute atomic E-state index is 13.5. The quantitative estimate of drug-likeness (QED) is 0.845. The van der Waals surface area contributed by atoms with Crippen LogP contribution in [-0.2, 0) is 11.2 Å². The predicted molar refractivity (Wildman–Crippen MR) is 62.3 cm³/mol. The molecular weight excluding hydrogens is 221 g/mol. The lowest BCUT2D eigenvalue weighted by atomic mass is 9.94. The van der Waals surface area contributed by atoms with E-state index in [0.717, 1.165) is 12.8 Å². The van der Waals surface area contributed by atoms with Gasteiger partial charge in [0.2, 0.25) is 0 Å². The zero-order valence-corrected chi connectivity index (χ0v) is 9.53. The van der Waals surface area contributed by atoms with Gasteiger partial charge in [-0.05, 0) is 37.3 Å². The van der Waals surface area contributed by atoms with Crippen LogP contribution < -0.4 is 5.32 Å². The fourth-order valence-corrected chi connectivity index (χ4v) is 2.30. The van der Waals surface area contributed by atoms with Crippen LogP contribution in [0.4, 0.5) is 4.39 Å². The van der Waals surface area contributed by atoms with Crippen LogP contribution in [0.1, 0.15) is 24.8 Å². The van der Waals surface area contributed by atoms with Gasteiger partial charge in [-0.15, -0.1) is 0 Å². The molecule has 1 aromatic carbocycles. The lowest BCUT2D eigenvalue weighted by Gasteiger charge is -2.28. The van der Waals surface area contributed by atoms with Gasteiger partial charge in [0.1, 0.15) is 11.9 Å². The van der Waals surface area contributed by atoms with Gasteiger partial charge in [-0.25, -0.2) is 4.39 Å². The predicted octanol–water partition coefficient (Wildman–Crippen LogP) is 1.96. The molecule has 1 aliphatic heterocycles. The normalized spacial score (nSPS) is 24.5. The Morgan fingerprint density at radius 1 is 1.41 bits per heavy atom. The number of hydrogen-bond acceptors (Lipinski definition) is 2. The molecule has 1 fully saturated rings. The number of halogens is 1. The van der Waals surface area contributed by atoms with E-state index < -0.39 is 12.0 Å². The maximum Gasteiger partial charge on any atom is 0.320 e. The highest BCUT2D eigenvalue weighted by molar-refractivity contribution is 5.73. The van der Waals surface area contributed by atoms with Gasteiger partial charge < -0.3 is 10.4 Å². The third-order valence-corrected chi connectivity index (χ3v) is 3.20. The molecule has 2 unspecified atom stereocenters. The Morgan fingerprint density at radius 3 is 2.88 bits per heavy atom. The SMILES string of the molecule is O=C(O)C1CCCC(Cc2ccccc2F)N1. The summed E-state index contributed by atoms with van der Waals surface area (Å²) >= 11 is 0. The maximum atomic E-state index is 13.5. The molecule has 0 amide bonds. The first-order chi connectivity index (χ1) is 8.16. The fourth-order valence-electron chi connectivity index (χ4n) is 2.30. The van der Waals surface area contributed by atoms with Gasteiger partial charge in [-0.2, -0.15) is 0 Å². The zero-order chi connectivity index (χ0) is 12.3. The lowest BCUT2D eigenvalue weighted by molar-refractivity contribution is -0.140. The van der Waals surface area contributed by atoms with Crippen LogP contribution in [0.2, 0.25) is 0 Å². The number of rotatable bonds is 3. The van der Waals surface area contributed by atoms with Crippen molar-refractivity contribution in [1.29, 1.82) is 0 Å². The van der Waals surface area contributed by atoms with E-state index >= 15 is 0 Å². The van der Waals surface area contributed by atoms with Gasteiger partial charge in [0.15, 0.2) is 0 Å². The summed E-state index contributed by atoms with van der Waals surface area (Å²) < 4.78 is 13.5. The smallest absolute Gasteiger partial charge is 0.320 e. The van der Waals surface area contributed by atoms with Crippen LogP contribution in [0.5, 0.6) is 0 Å². The van der Waals surface area contributed by atoms with E-state index in [0.29, 0.717) is 18.4 Å². The number of carboxylic acids is 1. The number of nitrogens with one attached hydrogen (secondary N) is 1. The van der Waals surface area contributed by atoms with Crippen molar-refractivity contribution in [2.75, 3.05) is 0 Å². The highest BCUT2D eigenvalue weighted by Crippen LogP contribution is 2.18.